The summed E-state index contributed by atoms with van der Waals surface area (Å²) in [7, 11) is -2.08. The van der Waals surface area contributed by atoms with Crippen LogP contribution in [-0.2, 0) is 15.5 Å². The smallest absolute Gasteiger partial charge is 0.306 e. The number of nitrogens with one attached hydrogen (secondary N) is 2. The Morgan fingerprint density at radius 2 is 1.96 bits per heavy atom. The summed E-state index contributed by atoms with van der Waals surface area (Å²) in [5.74, 6) is 1.31. The normalized spacial score (nSPS) is 15.4. The van der Waals surface area contributed by atoms with Gasteiger partial charge in [0.25, 0.3) is 0 Å². The van der Waals surface area contributed by atoms with Crippen LogP contribution < -0.4 is 14.2 Å². The van der Waals surface area contributed by atoms with Gasteiger partial charge in [0.15, 0.2) is 0 Å². The molecular weight excluding hydrogens is 366 g/mol. The number of ether oxygens (including phenoxy) is 1. The van der Waals surface area contributed by atoms with E-state index in [1.54, 1.807) is 12.1 Å². The molecule has 1 aliphatic heterocycles. The van der Waals surface area contributed by atoms with Gasteiger partial charge in [0.2, 0.25) is 0 Å². The zero-order chi connectivity index (χ0) is 19.4. The van der Waals surface area contributed by atoms with Gasteiger partial charge in [-0.05, 0) is 29.8 Å². The molecule has 1 aromatic heterocycles. The second-order valence-electron chi connectivity index (χ2n) is 7.39. The Balaban J connectivity index is 1.78. The average molecular weight is 387 g/mol. The fraction of sp³-hybridized carbons (Fsp3) is 0.316. The lowest BCUT2D eigenvalue weighted by molar-refractivity contribution is 0.413. The van der Waals surface area contributed by atoms with Crippen LogP contribution in [0.2, 0.25) is 0 Å². The molecule has 0 saturated carbocycles. The van der Waals surface area contributed by atoms with Gasteiger partial charge in [-0.2, -0.15) is 8.42 Å². The summed E-state index contributed by atoms with van der Waals surface area (Å²) < 4.78 is 33.0. The molecule has 4 rings (SSSR count). The largest absolute Gasteiger partial charge is 0.496 e. The minimum Gasteiger partial charge on any atom is -0.496 e. The van der Waals surface area contributed by atoms with Gasteiger partial charge in [-0.3, -0.25) is 0 Å². The molecule has 2 heterocycles. The predicted octanol–water partition coefficient (Wildman–Crippen LogP) is 3.28. The minimum atomic E-state index is -3.60. The lowest BCUT2D eigenvalue weighted by Crippen LogP contribution is -2.18. The van der Waals surface area contributed by atoms with Crippen molar-refractivity contribution in [2.45, 2.75) is 19.3 Å². The van der Waals surface area contributed by atoms with E-state index in [9.17, 15) is 8.42 Å². The van der Waals surface area contributed by atoms with Gasteiger partial charge in [0.05, 0.1) is 30.0 Å². The number of aromatic amines is 1. The summed E-state index contributed by atoms with van der Waals surface area (Å²) in [6.07, 6.45) is 1.00. The second-order valence-corrected chi connectivity index (χ2v) is 8.96. The number of hydrogen-bond acceptors (Lipinski definition) is 6. The van der Waals surface area contributed by atoms with Gasteiger partial charge in [0, 0.05) is 23.7 Å². The van der Waals surface area contributed by atoms with E-state index in [0.717, 1.165) is 35.1 Å². The van der Waals surface area contributed by atoms with Crippen LogP contribution in [0.5, 0.6) is 11.5 Å². The SMILES string of the molecule is COc1cc(OS(C)(=O)=O)ccc1-c1nc2cc3c(cc2[nH]1)C(C)(C)CN3. The molecule has 142 valence electrons. The molecule has 27 heavy (non-hydrogen) atoms. The maximum atomic E-state index is 11.3. The third-order valence-corrected chi connectivity index (χ3v) is 5.24. The van der Waals surface area contributed by atoms with Gasteiger partial charge in [-0.15, -0.1) is 0 Å². The molecule has 2 N–H and O–H groups in total. The molecule has 7 nitrogen and oxygen atoms in total. The van der Waals surface area contributed by atoms with Crippen molar-refractivity contribution in [2.24, 2.45) is 0 Å². The van der Waals surface area contributed by atoms with Crippen LogP contribution in [0.1, 0.15) is 19.4 Å². The first-order valence-electron chi connectivity index (χ1n) is 8.52. The second kappa shape index (κ2) is 5.88. The lowest BCUT2D eigenvalue weighted by Gasteiger charge is -2.16. The van der Waals surface area contributed by atoms with Gasteiger partial charge in [-0.25, -0.2) is 4.98 Å². The van der Waals surface area contributed by atoms with Crippen molar-refractivity contribution in [1.82, 2.24) is 9.97 Å². The molecule has 0 saturated heterocycles. The zero-order valence-corrected chi connectivity index (χ0v) is 16.4. The third kappa shape index (κ3) is 3.21. The number of anilines is 1. The standard InChI is InChI=1S/C19H21N3O4S/c1-19(2)10-20-14-9-16-15(8-13(14)19)21-18(22-16)12-6-5-11(7-17(12)25-3)26-27(4,23)24/h5-9,20H,10H2,1-4H3,(H,21,22). The molecular formula is C19H21N3O4S. The number of benzene rings is 2. The average Bonchev–Trinajstić information content (AvgIpc) is 3.12. The number of nitrogens with zero attached hydrogens (tertiary/aromatic N) is 1. The van der Waals surface area contributed by atoms with Crippen molar-refractivity contribution in [1.29, 1.82) is 0 Å². The molecule has 1 aliphatic rings. The Bertz CT molecular complexity index is 1150. The van der Waals surface area contributed by atoms with Gasteiger partial charge in [-0.1, -0.05) is 13.8 Å². The maximum Gasteiger partial charge on any atom is 0.306 e. The summed E-state index contributed by atoms with van der Waals surface area (Å²) >= 11 is 0. The quantitative estimate of drug-likeness (QED) is 0.668. The van der Waals surface area contributed by atoms with Crippen LogP contribution in [0.15, 0.2) is 30.3 Å². The molecule has 0 aliphatic carbocycles. The molecule has 0 amide bonds. The van der Waals surface area contributed by atoms with Crippen LogP contribution in [0.3, 0.4) is 0 Å². The Labute approximate surface area is 157 Å². The van der Waals surface area contributed by atoms with E-state index in [1.165, 1.54) is 18.7 Å². The number of hydrogen-bond donors (Lipinski definition) is 2. The van der Waals surface area contributed by atoms with Crippen LogP contribution in [0, 0.1) is 0 Å². The molecule has 3 aromatic rings. The van der Waals surface area contributed by atoms with Crippen molar-refractivity contribution in [3.05, 3.63) is 35.9 Å². The summed E-state index contributed by atoms with van der Waals surface area (Å²) in [5.41, 5.74) is 4.95. The van der Waals surface area contributed by atoms with E-state index >= 15 is 0 Å². The monoisotopic (exact) mass is 387 g/mol. The summed E-state index contributed by atoms with van der Waals surface area (Å²) in [5, 5.41) is 3.43. The molecule has 2 aromatic carbocycles. The Hall–Kier alpha value is -2.74. The van der Waals surface area contributed by atoms with Crippen molar-refractivity contribution in [3.8, 4) is 22.9 Å². The molecule has 8 heteroatoms. The fourth-order valence-corrected chi connectivity index (χ4v) is 3.85. The molecule has 0 spiro atoms. The van der Waals surface area contributed by atoms with Crippen molar-refractivity contribution in [2.75, 3.05) is 25.2 Å². The number of H-pyrrole nitrogens is 1. The number of fused-ring (bicyclic) bond motifs is 2. The predicted molar refractivity (Wildman–Crippen MR) is 105 cm³/mol. The zero-order valence-electron chi connectivity index (χ0n) is 15.6. The highest BCUT2D eigenvalue weighted by Gasteiger charge is 2.30. The van der Waals surface area contributed by atoms with Crippen LogP contribution in [0.4, 0.5) is 5.69 Å². The van der Waals surface area contributed by atoms with Crippen LogP contribution >= 0.6 is 0 Å². The number of aromatic nitrogens is 2. The first-order valence-corrected chi connectivity index (χ1v) is 10.3. The highest BCUT2D eigenvalue weighted by molar-refractivity contribution is 7.86. The van der Waals surface area contributed by atoms with Crippen LogP contribution in [-0.4, -0.2) is 38.3 Å². The highest BCUT2D eigenvalue weighted by Crippen LogP contribution is 2.39. The molecule has 0 bridgehead atoms. The van der Waals surface area contributed by atoms with Crippen molar-refractivity contribution < 1.29 is 17.3 Å². The first kappa shape index (κ1) is 17.7. The first-order chi connectivity index (χ1) is 12.7. The minimum absolute atomic E-state index is 0.0666. The summed E-state index contributed by atoms with van der Waals surface area (Å²) in [6, 6.07) is 9.03. The van der Waals surface area contributed by atoms with E-state index in [0.29, 0.717) is 11.6 Å². The van der Waals surface area contributed by atoms with Crippen LogP contribution in [0.25, 0.3) is 22.4 Å². The Morgan fingerprint density at radius 1 is 1.19 bits per heavy atom. The number of rotatable bonds is 4. The summed E-state index contributed by atoms with van der Waals surface area (Å²) in [4.78, 5) is 8.03. The molecule has 0 fully saturated rings. The van der Waals surface area contributed by atoms with E-state index in [-0.39, 0.29) is 11.2 Å². The lowest BCUT2D eigenvalue weighted by atomic mass is 9.87. The molecule has 0 radical (unpaired) electrons. The van der Waals surface area contributed by atoms with E-state index in [2.05, 4.69) is 35.2 Å². The van der Waals surface area contributed by atoms with Crippen molar-refractivity contribution >= 4 is 26.8 Å². The highest BCUT2D eigenvalue weighted by atomic mass is 32.2. The number of imidazole rings is 1. The fourth-order valence-electron chi connectivity index (χ4n) is 3.40. The molecule has 0 unspecified atom stereocenters. The van der Waals surface area contributed by atoms with Gasteiger partial charge >= 0.3 is 10.1 Å². The van der Waals surface area contributed by atoms with E-state index in [4.69, 9.17) is 8.92 Å². The van der Waals surface area contributed by atoms with Gasteiger partial charge in [0.1, 0.15) is 17.3 Å². The van der Waals surface area contributed by atoms with E-state index < -0.39 is 10.1 Å². The van der Waals surface area contributed by atoms with E-state index in [1.807, 2.05) is 6.07 Å². The maximum absolute atomic E-state index is 11.3. The topological polar surface area (TPSA) is 93.3 Å². The molecule has 0 atom stereocenters. The van der Waals surface area contributed by atoms with Crippen molar-refractivity contribution in [3.63, 3.8) is 0 Å². The summed E-state index contributed by atoms with van der Waals surface area (Å²) in [6.45, 7) is 5.31. The third-order valence-electron chi connectivity index (χ3n) is 4.75. The number of methoxy groups -OCH3 is 1. The Morgan fingerprint density at radius 3 is 2.67 bits per heavy atom. The Kier molecular flexibility index (Phi) is 3.85. The van der Waals surface area contributed by atoms with Gasteiger partial charge < -0.3 is 19.2 Å².